The Bertz CT molecular complexity index is 405. The smallest absolute Gasteiger partial charge is 0.283 e. The fourth-order valence-electron chi connectivity index (χ4n) is 1.39. The summed E-state index contributed by atoms with van der Waals surface area (Å²) < 4.78 is 0.377. The fraction of sp³-hybridized carbons (Fsp3) is 0.400. The van der Waals surface area contributed by atoms with Gasteiger partial charge in [-0.05, 0) is 21.5 Å². The second kappa shape index (κ2) is 4.90. The van der Waals surface area contributed by atoms with Gasteiger partial charge in [0.15, 0.2) is 0 Å². The molecule has 0 radical (unpaired) electrons. The summed E-state index contributed by atoms with van der Waals surface area (Å²) in [6, 6.07) is 4.71. The minimum absolute atomic E-state index is 0.0226. The molecule has 0 amide bonds. The molecular weight excluding hydrogens is 276 g/mol. The minimum atomic E-state index is -0.676. The standard InChI is InChI=1S/C10H13BrN2O3/c1-10(5-12,6-14)7-3-2-4-8(9(7)11)13(15)16/h2-4,14H,5-6,12H2,1H3. The molecule has 88 valence electrons. The van der Waals surface area contributed by atoms with Crippen molar-refractivity contribution in [3.63, 3.8) is 0 Å². The third kappa shape index (κ3) is 2.23. The van der Waals surface area contributed by atoms with Gasteiger partial charge in [0.2, 0.25) is 0 Å². The van der Waals surface area contributed by atoms with E-state index in [0.29, 0.717) is 10.0 Å². The molecule has 1 aromatic carbocycles. The van der Waals surface area contributed by atoms with E-state index in [1.165, 1.54) is 6.07 Å². The topological polar surface area (TPSA) is 89.4 Å². The average Bonchev–Trinajstić information content (AvgIpc) is 2.28. The number of aliphatic hydroxyl groups excluding tert-OH is 1. The first kappa shape index (κ1) is 13.1. The van der Waals surface area contributed by atoms with Gasteiger partial charge in [0, 0.05) is 18.0 Å². The van der Waals surface area contributed by atoms with Crippen molar-refractivity contribution in [3.8, 4) is 0 Å². The van der Waals surface area contributed by atoms with Crippen LogP contribution in [0.2, 0.25) is 0 Å². The lowest BCUT2D eigenvalue weighted by Crippen LogP contribution is -2.36. The van der Waals surface area contributed by atoms with Gasteiger partial charge in [0.1, 0.15) is 0 Å². The molecule has 0 heterocycles. The molecule has 0 spiro atoms. The van der Waals surface area contributed by atoms with Crippen LogP contribution in [-0.2, 0) is 5.41 Å². The highest BCUT2D eigenvalue weighted by atomic mass is 79.9. The number of nitrogens with zero attached hydrogens (tertiary/aromatic N) is 1. The van der Waals surface area contributed by atoms with E-state index in [9.17, 15) is 15.2 Å². The maximum absolute atomic E-state index is 10.8. The van der Waals surface area contributed by atoms with Crippen LogP contribution in [0.5, 0.6) is 0 Å². The number of hydrogen-bond acceptors (Lipinski definition) is 4. The van der Waals surface area contributed by atoms with Crippen LogP contribution >= 0.6 is 15.9 Å². The molecule has 6 heteroatoms. The van der Waals surface area contributed by atoms with E-state index in [-0.39, 0.29) is 18.8 Å². The minimum Gasteiger partial charge on any atom is -0.395 e. The summed E-state index contributed by atoms with van der Waals surface area (Å²) in [6.07, 6.45) is 0. The Labute approximate surface area is 102 Å². The second-order valence-corrected chi connectivity index (χ2v) is 4.61. The Kier molecular flexibility index (Phi) is 4.01. The van der Waals surface area contributed by atoms with Crippen molar-refractivity contribution >= 4 is 21.6 Å². The molecule has 0 aliphatic heterocycles. The summed E-state index contributed by atoms with van der Waals surface area (Å²) in [7, 11) is 0. The van der Waals surface area contributed by atoms with E-state index in [1.807, 2.05) is 0 Å². The summed E-state index contributed by atoms with van der Waals surface area (Å²) in [6.45, 7) is 1.81. The summed E-state index contributed by atoms with van der Waals surface area (Å²) >= 11 is 3.19. The molecule has 3 N–H and O–H groups in total. The maximum atomic E-state index is 10.8. The van der Waals surface area contributed by atoms with Crippen LogP contribution in [0.25, 0.3) is 0 Å². The van der Waals surface area contributed by atoms with Gasteiger partial charge in [-0.15, -0.1) is 0 Å². The summed E-state index contributed by atoms with van der Waals surface area (Å²) in [5, 5.41) is 20.1. The van der Waals surface area contributed by atoms with Crippen LogP contribution in [0.4, 0.5) is 5.69 Å². The Hall–Kier alpha value is -0.980. The molecule has 0 aliphatic rings. The quantitative estimate of drug-likeness (QED) is 0.650. The van der Waals surface area contributed by atoms with E-state index in [4.69, 9.17) is 5.73 Å². The van der Waals surface area contributed by atoms with Gasteiger partial charge in [0.05, 0.1) is 16.0 Å². The summed E-state index contributed by atoms with van der Waals surface area (Å²) in [5.41, 5.74) is 5.54. The van der Waals surface area contributed by atoms with E-state index in [2.05, 4.69) is 15.9 Å². The molecular formula is C10H13BrN2O3. The zero-order valence-corrected chi connectivity index (χ0v) is 10.4. The van der Waals surface area contributed by atoms with Crippen molar-refractivity contribution in [3.05, 3.63) is 38.3 Å². The van der Waals surface area contributed by atoms with Crippen molar-refractivity contribution in [1.29, 1.82) is 0 Å². The van der Waals surface area contributed by atoms with Crippen molar-refractivity contribution in [2.24, 2.45) is 5.73 Å². The first-order valence-electron chi connectivity index (χ1n) is 4.70. The predicted molar refractivity (Wildman–Crippen MR) is 64.3 cm³/mol. The van der Waals surface area contributed by atoms with Gasteiger partial charge in [0.25, 0.3) is 5.69 Å². The van der Waals surface area contributed by atoms with E-state index in [1.54, 1.807) is 19.1 Å². The Balaban J connectivity index is 3.35. The highest BCUT2D eigenvalue weighted by molar-refractivity contribution is 9.10. The molecule has 0 saturated heterocycles. The summed E-state index contributed by atoms with van der Waals surface area (Å²) in [4.78, 5) is 10.3. The third-order valence-corrected chi connectivity index (χ3v) is 3.46. The molecule has 1 unspecified atom stereocenters. The van der Waals surface area contributed by atoms with Crippen LogP contribution in [-0.4, -0.2) is 23.2 Å². The molecule has 5 nitrogen and oxygen atoms in total. The van der Waals surface area contributed by atoms with Gasteiger partial charge in [-0.1, -0.05) is 19.1 Å². The van der Waals surface area contributed by atoms with Crippen LogP contribution < -0.4 is 5.73 Å². The Morgan fingerprint density at radius 1 is 1.62 bits per heavy atom. The lowest BCUT2D eigenvalue weighted by Gasteiger charge is -2.26. The van der Waals surface area contributed by atoms with E-state index >= 15 is 0 Å². The van der Waals surface area contributed by atoms with Crippen molar-refractivity contribution in [1.82, 2.24) is 0 Å². The third-order valence-electron chi connectivity index (χ3n) is 2.62. The highest BCUT2D eigenvalue weighted by Crippen LogP contribution is 2.35. The predicted octanol–water partition coefficient (Wildman–Crippen LogP) is 1.57. The fourth-order valence-corrected chi connectivity index (χ4v) is 2.27. The molecule has 1 rings (SSSR count). The number of nitro groups is 1. The number of aliphatic hydroxyl groups is 1. The zero-order chi connectivity index (χ0) is 12.3. The Morgan fingerprint density at radius 3 is 2.69 bits per heavy atom. The second-order valence-electron chi connectivity index (χ2n) is 3.82. The van der Waals surface area contributed by atoms with Gasteiger partial charge in [-0.2, -0.15) is 0 Å². The molecule has 0 bridgehead atoms. The molecule has 1 aromatic rings. The Morgan fingerprint density at radius 2 is 2.25 bits per heavy atom. The highest BCUT2D eigenvalue weighted by Gasteiger charge is 2.29. The van der Waals surface area contributed by atoms with Gasteiger partial charge >= 0.3 is 0 Å². The molecule has 1 atom stereocenters. The van der Waals surface area contributed by atoms with E-state index < -0.39 is 10.3 Å². The van der Waals surface area contributed by atoms with Gasteiger partial charge < -0.3 is 10.8 Å². The molecule has 0 saturated carbocycles. The maximum Gasteiger partial charge on any atom is 0.283 e. The average molecular weight is 289 g/mol. The lowest BCUT2D eigenvalue weighted by molar-refractivity contribution is -0.385. The summed E-state index contributed by atoms with van der Waals surface area (Å²) in [5.74, 6) is 0. The number of benzene rings is 1. The van der Waals surface area contributed by atoms with Gasteiger partial charge in [-0.25, -0.2) is 0 Å². The lowest BCUT2D eigenvalue weighted by atomic mass is 9.83. The first-order valence-corrected chi connectivity index (χ1v) is 5.50. The number of halogens is 1. The number of hydrogen-bond donors (Lipinski definition) is 2. The molecule has 0 aliphatic carbocycles. The molecule has 0 aromatic heterocycles. The van der Waals surface area contributed by atoms with Crippen molar-refractivity contribution in [2.45, 2.75) is 12.3 Å². The van der Waals surface area contributed by atoms with E-state index in [0.717, 1.165) is 0 Å². The number of rotatable bonds is 4. The van der Waals surface area contributed by atoms with Crippen molar-refractivity contribution < 1.29 is 10.0 Å². The van der Waals surface area contributed by atoms with Crippen molar-refractivity contribution in [2.75, 3.05) is 13.2 Å². The molecule has 0 fully saturated rings. The van der Waals surface area contributed by atoms with Crippen LogP contribution in [0.15, 0.2) is 22.7 Å². The monoisotopic (exact) mass is 288 g/mol. The van der Waals surface area contributed by atoms with Crippen LogP contribution in [0.1, 0.15) is 12.5 Å². The molecule has 16 heavy (non-hydrogen) atoms. The van der Waals surface area contributed by atoms with Crippen LogP contribution in [0, 0.1) is 10.1 Å². The SMILES string of the molecule is CC(CN)(CO)c1cccc([N+](=O)[O-])c1Br. The number of nitro benzene ring substituents is 1. The first-order chi connectivity index (χ1) is 7.46. The normalized spacial score (nSPS) is 14.5. The van der Waals surface area contributed by atoms with Gasteiger partial charge in [-0.3, -0.25) is 10.1 Å². The zero-order valence-electron chi connectivity index (χ0n) is 8.81. The largest absolute Gasteiger partial charge is 0.395 e. The number of nitrogens with two attached hydrogens (primary N) is 1. The van der Waals surface area contributed by atoms with Crippen LogP contribution in [0.3, 0.4) is 0 Å².